The van der Waals surface area contributed by atoms with Gasteiger partial charge in [-0.1, -0.05) is 30.4 Å². The number of carbonyl (C=O) groups excluding carboxylic acids is 1. The average molecular weight is 460 g/mol. The lowest BCUT2D eigenvalue weighted by atomic mass is 9.93. The van der Waals surface area contributed by atoms with Crippen LogP contribution in [-0.4, -0.2) is 27.5 Å². The van der Waals surface area contributed by atoms with Crippen LogP contribution < -0.4 is 9.64 Å². The molecule has 1 heterocycles. The second-order valence-electron chi connectivity index (χ2n) is 8.52. The van der Waals surface area contributed by atoms with Crippen molar-refractivity contribution < 1.29 is 26.7 Å². The van der Waals surface area contributed by atoms with Gasteiger partial charge in [-0.05, 0) is 50.6 Å². The van der Waals surface area contributed by atoms with Crippen LogP contribution in [0.15, 0.2) is 65.6 Å². The van der Waals surface area contributed by atoms with Gasteiger partial charge in [-0.15, -0.1) is 0 Å². The van der Waals surface area contributed by atoms with Gasteiger partial charge in [0.2, 0.25) is 5.91 Å². The summed E-state index contributed by atoms with van der Waals surface area (Å²) in [5.41, 5.74) is 0.127. The summed E-state index contributed by atoms with van der Waals surface area (Å²) in [4.78, 5) is 14.1. The Morgan fingerprint density at radius 2 is 1.66 bits per heavy atom. The van der Waals surface area contributed by atoms with Crippen molar-refractivity contribution >= 4 is 21.4 Å². The maximum atomic E-state index is 13.8. The molecule has 168 valence electrons. The molecule has 0 unspecified atom stereocenters. The van der Waals surface area contributed by atoms with Gasteiger partial charge in [0.1, 0.15) is 28.7 Å². The van der Waals surface area contributed by atoms with Crippen molar-refractivity contribution in [2.75, 3.05) is 18.1 Å². The third-order valence-corrected chi connectivity index (χ3v) is 8.07. The number of halogens is 2. The second kappa shape index (κ2) is 7.55. The van der Waals surface area contributed by atoms with Crippen LogP contribution in [0.2, 0.25) is 0 Å². The van der Waals surface area contributed by atoms with Gasteiger partial charge in [-0.3, -0.25) is 4.79 Å². The third kappa shape index (κ3) is 3.33. The van der Waals surface area contributed by atoms with Gasteiger partial charge >= 0.3 is 0 Å². The number of hydrogen-bond acceptors (Lipinski definition) is 4. The molecule has 0 spiro atoms. The van der Waals surface area contributed by atoms with E-state index in [9.17, 15) is 22.0 Å². The zero-order valence-corrected chi connectivity index (χ0v) is 18.7. The molecular formula is C24H23F2NO4S. The highest BCUT2D eigenvalue weighted by atomic mass is 32.2. The molecule has 0 fully saturated rings. The predicted molar refractivity (Wildman–Crippen MR) is 117 cm³/mol. The fourth-order valence-corrected chi connectivity index (χ4v) is 5.94. The number of benzene rings is 2. The van der Waals surface area contributed by atoms with E-state index in [1.165, 1.54) is 12.2 Å². The number of ether oxygens (including phenoxy) is 1. The topological polar surface area (TPSA) is 63.7 Å². The standard InChI is InChI=1S/C24H23F2NO4S/c1-4-27-20-8-7-16(11-21(20)31-15-23(2,3)22(27)28)24(9-5-6-10-24)32(29,30)19-13-17(25)12-18(26)14-19/h5-14H,4,15H2,1-3H3. The molecule has 0 atom stereocenters. The van der Waals surface area contributed by atoms with E-state index >= 15 is 0 Å². The molecule has 4 rings (SSSR count). The van der Waals surface area contributed by atoms with Crippen molar-refractivity contribution in [3.63, 3.8) is 0 Å². The van der Waals surface area contributed by atoms with Gasteiger partial charge in [0, 0.05) is 12.6 Å². The number of sulfone groups is 1. The molecule has 0 radical (unpaired) electrons. The minimum Gasteiger partial charge on any atom is -0.490 e. The van der Waals surface area contributed by atoms with Gasteiger partial charge in [-0.2, -0.15) is 0 Å². The zero-order chi connectivity index (χ0) is 23.3. The number of rotatable bonds is 4. The molecule has 2 aliphatic rings. The fourth-order valence-electron chi connectivity index (χ4n) is 4.06. The molecule has 0 aromatic heterocycles. The first-order valence-electron chi connectivity index (χ1n) is 10.2. The van der Waals surface area contributed by atoms with E-state index < -0.39 is 36.5 Å². The number of amides is 1. The van der Waals surface area contributed by atoms with E-state index in [1.807, 2.05) is 6.92 Å². The van der Waals surface area contributed by atoms with E-state index in [1.54, 1.807) is 49.1 Å². The Kier molecular flexibility index (Phi) is 5.24. The number of fused-ring (bicyclic) bond motifs is 1. The number of allylic oxidation sites excluding steroid dienone is 2. The molecule has 0 saturated carbocycles. The van der Waals surface area contributed by atoms with Gasteiger partial charge in [-0.25, -0.2) is 17.2 Å². The maximum absolute atomic E-state index is 13.8. The van der Waals surface area contributed by atoms with Crippen molar-refractivity contribution in [2.24, 2.45) is 5.41 Å². The Balaban J connectivity index is 1.89. The number of hydrogen-bond donors (Lipinski definition) is 0. The summed E-state index contributed by atoms with van der Waals surface area (Å²) in [6, 6.07) is 7.07. The molecule has 1 aliphatic heterocycles. The number of carbonyl (C=O) groups is 1. The first-order chi connectivity index (χ1) is 15.0. The Hall–Kier alpha value is -3.00. The largest absolute Gasteiger partial charge is 0.490 e. The highest BCUT2D eigenvalue weighted by Crippen LogP contribution is 2.45. The van der Waals surface area contributed by atoms with Crippen LogP contribution in [0.25, 0.3) is 0 Å². The van der Waals surface area contributed by atoms with Crippen molar-refractivity contribution in [3.05, 3.63) is 77.9 Å². The van der Waals surface area contributed by atoms with E-state index in [2.05, 4.69) is 0 Å². The van der Waals surface area contributed by atoms with Crippen molar-refractivity contribution in [1.29, 1.82) is 0 Å². The van der Waals surface area contributed by atoms with E-state index in [0.29, 0.717) is 29.6 Å². The molecule has 0 saturated heterocycles. The molecule has 32 heavy (non-hydrogen) atoms. The minimum atomic E-state index is -4.28. The second-order valence-corrected chi connectivity index (χ2v) is 10.7. The summed E-state index contributed by atoms with van der Waals surface area (Å²) in [5.74, 6) is -1.68. The Bertz CT molecular complexity index is 1230. The summed E-state index contributed by atoms with van der Waals surface area (Å²) >= 11 is 0. The molecule has 0 N–H and O–H groups in total. The first kappa shape index (κ1) is 22.2. The van der Waals surface area contributed by atoms with Gasteiger partial charge in [0.15, 0.2) is 9.84 Å². The third-order valence-electron chi connectivity index (χ3n) is 5.82. The van der Waals surface area contributed by atoms with Crippen LogP contribution in [0.3, 0.4) is 0 Å². The lowest BCUT2D eigenvalue weighted by Gasteiger charge is -2.28. The van der Waals surface area contributed by atoms with Gasteiger partial charge in [0.05, 0.1) is 16.0 Å². The predicted octanol–water partition coefficient (Wildman–Crippen LogP) is 4.53. The fraction of sp³-hybridized carbons (Fsp3) is 0.292. The summed E-state index contributed by atoms with van der Waals surface area (Å²) in [6.45, 7) is 5.97. The number of anilines is 1. The van der Waals surface area contributed by atoms with Crippen LogP contribution in [-0.2, 0) is 19.4 Å². The molecule has 8 heteroatoms. The van der Waals surface area contributed by atoms with Crippen LogP contribution in [0.1, 0.15) is 26.3 Å². The molecule has 2 aromatic rings. The summed E-state index contributed by atoms with van der Waals surface area (Å²) < 4.78 is 59.2. The van der Waals surface area contributed by atoms with E-state index in [4.69, 9.17) is 4.74 Å². The quantitative estimate of drug-likeness (QED) is 0.674. The van der Waals surface area contributed by atoms with E-state index in [0.717, 1.165) is 12.1 Å². The monoisotopic (exact) mass is 459 g/mol. The zero-order valence-electron chi connectivity index (χ0n) is 17.9. The summed E-state index contributed by atoms with van der Waals surface area (Å²) in [6.07, 6.45) is 6.09. The van der Waals surface area contributed by atoms with Crippen molar-refractivity contribution in [1.82, 2.24) is 0 Å². The van der Waals surface area contributed by atoms with E-state index in [-0.39, 0.29) is 12.5 Å². The van der Waals surface area contributed by atoms with Crippen LogP contribution in [0.4, 0.5) is 14.5 Å². The van der Waals surface area contributed by atoms with Crippen molar-refractivity contribution in [2.45, 2.75) is 30.4 Å². The average Bonchev–Trinajstić information content (AvgIpc) is 3.21. The smallest absolute Gasteiger partial charge is 0.236 e. The van der Waals surface area contributed by atoms with Gasteiger partial charge < -0.3 is 9.64 Å². The molecule has 2 aromatic carbocycles. The molecule has 0 bridgehead atoms. The van der Waals surface area contributed by atoms with Crippen molar-refractivity contribution in [3.8, 4) is 5.75 Å². The van der Waals surface area contributed by atoms with Crippen LogP contribution >= 0.6 is 0 Å². The molecule has 5 nitrogen and oxygen atoms in total. The molecule has 1 aliphatic carbocycles. The van der Waals surface area contributed by atoms with Crippen LogP contribution in [0.5, 0.6) is 5.75 Å². The lowest BCUT2D eigenvalue weighted by molar-refractivity contribution is -0.127. The lowest BCUT2D eigenvalue weighted by Crippen LogP contribution is -2.42. The Morgan fingerprint density at radius 1 is 1.03 bits per heavy atom. The Morgan fingerprint density at radius 3 is 2.25 bits per heavy atom. The minimum absolute atomic E-state index is 0.0928. The maximum Gasteiger partial charge on any atom is 0.236 e. The number of nitrogens with zero attached hydrogens (tertiary/aromatic N) is 1. The molecular weight excluding hydrogens is 436 g/mol. The van der Waals surface area contributed by atoms with Gasteiger partial charge in [0.25, 0.3) is 0 Å². The summed E-state index contributed by atoms with van der Waals surface area (Å²) in [5, 5.41) is 0. The Labute approximate surface area is 185 Å². The van der Waals surface area contributed by atoms with Crippen LogP contribution in [0, 0.1) is 17.0 Å². The highest BCUT2D eigenvalue weighted by molar-refractivity contribution is 7.92. The first-order valence-corrected chi connectivity index (χ1v) is 11.7. The SMILES string of the molecule is CCN1C(=O)C(C)(C)COc2cc(C3(S(=O)(=O)c4cc(F)cc(F)c4)C=CC=C3)ccc21. The highest BCUT2D eigenvalue weighted by Gasteiger charge is 2.45. The normalized spacial score (nSPS) is 18.9. The summed E-state index contributed by atoms with van der Waals surface area (Å²) in [7, 11) is -4.28. The molecule has 1 amide bonds.